The molecule has 214 valence electrons. The summed E-state index contributed by atoms with van der Waals surface area (Å²) >= 11 is 0. The van der Waals surface area contributed by atoms with Crippen LogP contribution >= 0.6 is 0 Å². The third-order valence-electron chi connectivity index (χ3n) is 6.57. The third kappa shape index (κ3) is 6.36. The number of benzene rings is 3. The van der Waals surface area contributed by atoms with E-state index in [2.05, 4.69) is 16.0 Å². The quantitative estimate of drug-likeness (QED) is 0.188. The fraction of sp³-hybridized carbons (Fsp3) is 0.143. The minimum absolute atomic E-state index is 0.0562. The number of amides is 2. The molecular formula is C28H29N5O8. The van der Waals surface area contributed by atoms with E-state index in [1.165, 1.54) is 67.8 Å². The Balaban J connectivity index is 1.74. The lowest BCUT2D eigenvalue weighted by molar-refractivity contribution is -0.991. The Morgan fingerprint density at radius 2 is 1.24 bits per heavy atom. The molecule has 8 N–H and O–H groups in total. The van der Waals surface area contributed by atoms with Crippen LogP contribution in [-0.4, -0.2) is 34.4 Å². The summed E-state index contributed by atoms with van der Waals surface area (Å²) < 4.78 is 5.28. The third-order valence-corrected chi connectivity index (χ3v) is 6.57. The number of allylic oxidation sites excluding steroid dienone is 2. The van der Waals surface area contributed by atoms with E-state index in [1.807, 2.05) is 0 Å². The number of hydrogen-bond donors (Lipinski definition) is 8. The van der Waals surface area contributed by atoms with E-state index >= 15 is 0 Å². The monoisotopic (exact) mass is 563 g/mol. The lowest BCUT2D eigenvalue weighted by Crippen LogP contribution is -2.99. The number of carbonyl (C=O) groups excluding carboxylic acids is 2. The van der Waals surface area contributed by atoms with Crippen LogP contribution in [0.15, 0.2) is 89.3 Å². The summed E-state index contributed by atoms with van der Waals surface area (Å²) in [6, 6.07) is 15.8. The largest absolute Gasteiger partial charge is 0.595 e. The van der Waals surface area contributed by atoms with Crippen LogP contribution in [0.25, 0.3) is 0 Å². The lowest BCUT2D eigenvalue weighted by atomic mass is 9.79. The number of dihydropyridines is 1. The summed E-state index contributed by atoms with van der Waals surface area (Å²) in [6.07, 6.45) is 0. The maximum atomic E-state index is 13.7. The molecule has 13 heteroatoms. The highest BCUT2D eigenvalue weighted by molar-refractivity contribution is 6.12. The number of ether oxygens (including phenoxy) is 1. The molecule has 1 aliphatic rings. The molecule has 1 heterocycles. The number of rotatable bonds is 8. The van der Waals surface area contributed by atoms with Crippen molar-refractivity contribution in [1.29, 1.82) is 0 Å². The molecule has 0 fully saturated rings. The Hall–Kier alpha value is -4.76. The van der Waals surface area contributed by atoms with Gasteiger partial charge < -0.3 is 36.2 Å². The summed E-state index contributed by atoms with van der Waals surface area (Å²) in [5.74, 6) is -1.98. The zero-order valence-electron chi connectivity index (χ0n) is 22.3. The summed E-state index contributed by atoms with van der Waals surface area (Å²) in [6.45, 7) is 3.38. The summed E-state index contributed by atoms with van der Waals surface area (Å²) in [5, 5.41) is 57.4. The molecule has 0 saturated carbocycles. The first-order chi connectivity index (χ1) is 19.5. The minimum Gasteiger partial charge on any atom is -0.595 e. The Morgan fingerprint density at radius 3 is 1.63 bits per heavy atom. The van der Waals surface area contributed by atoms with E-state index in [4.69, 9.17) is 15.2 Å². The number of nitrogens with one attached hydrogen (secondary N) is 5. The Labute approximate surface area is 234 Å². The number of carbonyl (C=O) groups is 2. The van der Waals surface area contributed by atoms with E-state index < -0.39 is 28.2 Å². The molecule has 0 radical (unpaired) electrons. The molecule has 0 spiro atoms. The first-order valence-electron chi connectivity index (χ1n) is 12.3. The van der Waals surface area contributed by atoms with Gasteiger partial charge in [0.15, 0.2) is 22.9 Å². The normalized spacial score (nSPS) is 16.5. The summed E-state index contributed by atoms with van der Waals surface area (Å²) in [4.78, 5) is 27.4. The van der Waals surface area contributed by atoms with Gasteiger partial charge in [0.25, 0.3) is 11.8 Å². The molecule has 2 atom stereocenters. The van der Waals surface area contributed by atoms with Gasteiger partial charge in [0.1, 0.15) is 0 Å². The van der Waals surface area contributed by atoms with Crippen molar-refractivity contribution in [1.82, 2.24) is 5.32 Å². The van der Waals surface area contributed by atoms with Crippen molar-refractivity contribution < 1.29 is 40.3 Å². The second kappa shape index (κ2) is 12.2. The maximum absolute atomic E-state index is 13.7. The molecule has 0 aromatic heterocycles. The zero-order chi connectivity index (χ0) is 29.8. The van der Waals surface area contributed by atoms with Gasteiger partial charge in [0.2, 0.25) is 0 Å². The van der Waals surface area contributed by atoms with Gasteiger partial charge in [0.05, 0.1) is 7.11 Å². The lowest BCUT2D eigenvalue weighted by Gasteiger charge is -2.31. The van der Waals surface area contributed by atoms with Crippen LogP contribution in [0, 0.1) is 10.4 Å². The Kier molecular flexibility index (Phi) is 8.68. The van der Waals surface area contributed by atoms with Crippen LogP contribution in [0.1, 0.15) is 25.3 Å². The van der Waals surface area contributed by atoms with Gasteiger partial charge in [0, 0.05) is 64.1 Å². The molecule has 4 rings (SSSR count). The maximum Gasteiger partial charge on any atom is 0.254 e. The highest BCUT2D eigenvalue weighted by atomic mass is 16.8. The van der Waals surface area contributed by atoms with Crippen LogP contribution in [0.5, 0.6) is 11.5 Å². The van der Waals surface area contributed by atoms with Crippen LogP contribution in [-0.2, 0) is 9.59 Å². The average Bonchev–Trinajstić information content (AvgIpc) is 2.93. The zero-order valence-corrected chi connectivity index (χ0v) is 22.3. The van der Waals surface area contributed by atoms with Crippen molar-refractivity contribution in [3.63, 3.8) is 0 Å². The van der Waals surface area contributed by atoms with E-state index in [0.29, 0.717) is 28.3 Å². The molecule has 1 aliphatic heterocycles. The molecule has 0 aliphatic carbocycles. The predicted octanol–water partition coefficient (Wildman–Crippen LogP) is 1.72. The van der Waals surface area contributed by atoms with Gasteiger partial charge in [-0.3, -0.25) is 9.59 Å². The van der Waals surface area contributed by atoms with E-state index in [-0.39, 0.29) is 34.0 Å². The average molecular weight is 564 g/mol. The smallest absolute Gasteiger partial charge is 0.254 e. The molecular weight excluding hydrogens is 534 g/mol. The number of anilines is 2. The molecule has 2 amide bonds. The predicted molar refractivity (Wildman–Crippen MR) is 148 cm³/mol. The van der Waals surface area contributed by atoms with Crippen molar-refractivity contribution in [2.24, 2.45) is 0 Å². The number of quaternary nitrogens is 2. The molecule has 0 bridgehead atoms. The number of hydrogen-bond acceptors (Lipinski definition) is 9. The van der Waals surface area contributed by atoms with Gasteiger partial charge in [-0.2, -0.15) is 10.5 Å². The van der Waals surface area contributed by atoms with E-state index in [0.717, 1.165) is 0 Å². The molecule has 41 heavy (non-hydrogen) atoms. The number of phenolic OH excluding ortho intramolecular Hbond substituents is 1. The number of aromatic hydroxyl groups is 1. The standard InChI is InChI=1S/C28H29N5O8/c1-15-24(27(35)30-18-5-9-20(10-6-18)32(37)38)26(17-4-13-22(34)23(14-17)41-3)25(16(2)29-15)28(36)31-19-7-11-21(12-8-19)33(39)40/h4-14,26,29,32-34,37,39H,1-3H3,(H,30,35)(H,31,36). The van der Waals surface area contributed by atoms with E-state index in [9.17, 15) is 25.1 Å². The van der Waals surface area contributed by atoms with E-state index in [1.54, 1.807) is 19.9 Å². The number of methoxy groups -OCH3 is 1. The molecule has 3 aromatic rings. The van der Waals surface area contributed by atoms with Crippen LogP contribution < -0.4 is 31.1 Å². The number of phenols is 1. The van der Waals surface area contributed by atoms with Gasteiger partial charge >= 0.3 is 0 Å². The molecule has 0 saturated heterocycles. The van der Waals surface area contributed by atoms with Crippen molar-refractivity contribution in [3.05, 3.63) is 105 Å². The van der Waals surface area contributed by atoms with Gasteiger partial charge in [-0.1, -0.05) is 6.07 Å². The van der Waals surface area contributed by atoms with Crippen LogP contribution in [0.3, 0.4) is 0 Å². The van der Waals surface area contributed by atoms with Gasteiger partial charge in [-0.25, -0.2) is 10.4 Å². The molecule has 13 nitrogen and oxygen atoms in total. The summed E-state index contributed by atoms with van der Waals surface area (Å²) in [5.41, 5.74) is 2.65. The van der Waals surface area contributed by atoms with Crippen LogP contribution in [0.2, 0.25) is 0 Å². The fourth-order valence-corrected chi connectivity index (χ4v) is 4.59. The summed E-state index contributed by atoms with van der Waals surface area (Å²) in [7, 11) is 1.38. The van der Waals surface area contributed by atoms with Crippen molar-refractivity contribution >= 4 is 34.6 Å². The van der Waals surface area contributed by atoms with Crippen molar-refractivity contribution in [2.75, 3.05) is 17.7 Å². The van der Waals surface area contributed by atoms with Gasteiger partial charge in [-0.05, 0) is 55.8 Å². The Morgan fingerprint density at radius 1 is 0.805 bits per heavy atom. The Bertz CT molecular complexity index is 1430. The van der Waals surface area contributed by atoms with Crippen molar-refractivity contribution in [3.8, 4) is 11.5 Å². The highest BCUT2D eigenvalue weighted by Gasteiger charge is 2.37. The topological polar surface area (TPSA) is 195 Å². The van der Waals surface area contributed by atoms with Crippen LogP contribution in [0.4, 0.5) is 22.7 Å². The highest BCUT2D eigenvalue weighted by Crippen LogP contribution is 2.41. The minimum atomic E-state index is -1.10. The SMILES string of the molecule is COc1cc(C2C(C(=O)Nc3ccc([NH+]([O-])O)cc3)=C(C)NC(C)=C2C(=O)Nc2ccc([NH+]([O-])O)cc2)ccc1O. The first-order valence-corrected chi connectivity index (χ1v) is 12.3. The molecule has 3 aromatic carbocycles. The van der Waals surface area contributed by atoms with Crippen molar-refractivity contribution in [2.45, 2.75) is 19.8 Å². The second-order valence-electron chi connectivity index (χ2n) is 9.24. The first kappa shape index (κ1) is 29.2. The van der Waals surface area contributed by atoms with Gasteiger partial charge in [-0.15, -0.1) is 0 Å². The second-order valence-corrected chi connectivity index (χ2v) is 9.24. The fourth-order valence-electron chi connectivity index (χ4n) is 4.59. The molecule has 2 unspecified atom stereocenters.